The topological polar surface area (TPSA) is 36.7 Å². The van der Waals surface area contributed by atoms with Gasteiger partial charge in [-0.05, 0) is 30.6 Å². The van der Waals surface area contributed by atoms with E-state index in [1.165, 1.54) is 11.5 Å². The highest BCUT2D eigenvalue weighted by molar-refractivity contribution is 9.10. The van der Waals surface area contributed by atoms with E-state index in [0.717, 1.165) is 20.6 Å². The van der Waals surface area contributed by atoms with Crippen molar-refractivity contribution in [2.75, 3.05) is 0 Å². The van der Waals surface area contributed by atoms with Crippen LogP contribution in [-0.2, 0) is 0 Å². The molecule has 15 heavy (non-hydrogen) atoms. The van der Waals surface area contributed by atoms with Gasteiger partial charge in [-0.1, -0.05) is 28.1 Å². The molecule has 1 heterocycles. The van der Waals surface area contributed by atoms with E-state index in [2.05, 4.69) is 26.4 Å². The summed E-state index contributed by atoms with van der Waals surface area (Å²) in [6.45, 7) is 1.92. The summed E-state index contributed by atoms with van der Waals surface area (Å²) in [5, 5.41) is 9.01. The summed E-state index contributed by atoms with van der Waals surface area (Å²) < 4.78 is 5.32. The third kappa shape index (κ3) is 1.94. The fraction of sp³-hybridized carbons (Fsp3) is 0.0909. The minimum Gasteiger partial charge on any atom is -0.192 e. The zero-order valence-electron chi connectivity index (χ0n) is 7.99. The lowest BCUT2D eigenvalue weighted by atomic mass is 10.1. The van der Waals surface area contributed by atoms with Crippen LogP contribution in [0.1, 0.15) is 10.4 Å². The Morgan fingerprint density at radius 1 is 1.33 bits per heavy atom. The van der Waals surface area contributed by atoms with E-state index >= 15 is 0 Å². The van der Waals surface area contributed by atoms with Gasteiger partial charge >= 0.3 is 0 Å². The standard InChI is InChI=1S/C11H7BrN2S/c1-7-10(6-13)11(14-15-7)8-2-4-9(12)5-3-8/h2-5H,1H3. The summed E-state index contributed by atoms with van der Waals surface area (Å²) in [4.78, 5) is 0.968. The molecule has 0 aliphatic heterocycles. The number of hydrogen-bond donors (Lipinski definition) is 0. The first kappa shape index (κ1) is 10.3. The Kier molecular flexibility index (Phi) is 2.85. The van der Waals surface area contributed by atoms with Gasteiger partial charge in [0, 0.05) is 14.9 Å². The fourth-order valence-electron chi connectivity index (χ4n) is 1.31. The number of halogens is 1. The van der Waals surface area contributed by atoms with E-state index in [-0.39, 0.29) is 0 Å². The summed E-state index contributed by atoms with van der Waals surface area (Å²) in [5.41, 5.74) is 2.45. The maximum Gasteiger partial charge on any atom is 0.103 e. The molecule has 0 N–H and O–H groups in total. The lowest BCUT2D eigenvalue weighted by Crippen LogP contribution is -1.82. The van der Waals surface area contributed by atoms with E-state index in [4.69, 9.17) is 5.26 Å². The number of rotatable bonds is 1. The summed E-state index contributed by atoms with van der Waals surface area (Å²) in [6, 6.07) is 10.0. The van der Waals surface area contributed by atoms with Crippen LogP contribution < -0.4 is 0 Å². The first-order valence-electron chi connectivity index (χ1n) is 4.34. The molecule has 0 radical (unpaired) electrons. The molecule has 0 fully saturated rings. The van der Waals surface area contributed by atoms with E-state index in [0.29, 0.717) is 5.56 Å². The predicted molar refractivity (Wildman–Crippen MR) is 64.7 cm³/mol. The van der Waals surface area contributed by atoms with Crippen LogP contribution in [0, 0.1) is 18.3 Å². The number of nitriles is 1. The van der Waals surface area contributed by atoms with E-state index in [9.17, 15) is 0 Å². The first-order chi connectivity index (χ1) is 7.22. The van der Waals surface area contributed by atoms with Crippen LogP contribution in [0.25, 0.3) is 11.3 Å². The van der Waals surface area contributed by atoms with Gasteiger partial charge < -0.3 is 0 Å². The van der Waals surface area contributed by atoms with Gasteiger partial charge in [-0.3, -0.25) is 0 Å². The number of nitrogens with zero attached hydrogens (tertiary/aromatic N) is 2. The fourth-order valence-corrected chi connectivity index (χ4v) is 2.23. The quantitative estimate of drug-likeness (QED) is 0.797. The van der Waals surface area contributed by atoms with Gasteiger partial charge in [0.1, 0.15) is 11.8 Å². The van der Waals surface area contributed by atoms with Crippen LogP contribution in [0.3, 0.4) is 0 Å². The number of aryl methyl sites for hydroxylation is 1. The van der Waals surface area contributed by atoms with E-state index in [1.54, 1.807) is 0 Å². The van der Waals surface area contributed by atoms with Crippen LogP contribution >= 0.6 is 27.5 Å². The Labute approximate surface area is 100 Å². The second-order valence-corrected chi connectivity index (χ2v) is 4.97. The van der Waals surface area contributed by atoms with Gasteiger partial charge in [0.05, 0.1) is 5.56 Å². The molecule has 0 saturated carbocycles. The Morgan fingerprint density at radius 2 is 2.00 bits per heavy atom. The molecule has 0 aliphatic rings. The molecule has 1 aromatic carbocycles. The lowest BCUT2D eigenvalue weighted by Gasteiger charge is -1.97. The molecule has 74 valence electrons. The van der Waals surface area contributed by atoms with Crippen molar-refractivity contribution in [2.24, 2.45) is 0 Å². The van der Waals surface area contributed by atoms with Crippen LogP contribution in [0.4, 0.5) is 0 Å². The molecule has 0 spiro atoms. The number of hydrogen-bond acceptors (Lipinski definition) is 3. The molecule has 2 nitrogen and oxygen atoms in total. The van der Waals surface area contributed by atoms with Gasteiger partial charge in [0.15, 0.2) is 0 Å². The highest BCUT2D eigenvalue weighted by atomic mass is 79.9. The van der Waals surface area contributed by atoms with Crippen molar-refractivity contribution >= 4 is 27.5 Å². The molecule has 1 aromatic heterocycles. The van der Waals surface area contributed by atoms with Crippen LogP contribution in [0.15, 0.2) is 28.7 Å². The maximum atomic E-state index is 9.01. The van der Waals surface area contributed by atoms with Crippen molar-refractivity contribution in [1.29, 1.82) is 5.26 Å². The minimum atomic E-state index is 0.683. The third-order valence-corrected chi connectivity index (χ3v) is 3.37. The minimum absolute atomic E-state index is 0.683. The summed E-state index contributed by atoms with van der Waals surface area (Å²) in [6.07, 6.45) is 0. The second kappa shape index (κ2) is 4.13. The molecular formula is C11H7BrN2S. The van der Waals surface area contributed by atoms with Crippen molar-refractivity contribution in [2.45, 2.75) is 6.92 Å². The molecular weight excluding hydrogens is 272 g/mol. The van der Waals surface area contributed by atoms with E-state index < -0.39 is 0 Å². The van der Waals surface area contributed by atoms with Crippen molar-refractivity contribution < 1.29 is 0 Å². The summed E-state index contributed by atoms with van der Waals surface area (Å²) >= 11 is 4.75. The molecule has 0 bridgehead atoms. The Bertz CT molecular complexity index is 523. The highest BCUT2D eigenvalue weighted by Gasteiger charge is 2.11. The monoisotopic (exact) mass is 278 g/mol. The molecule has 0 atom stereocenters. The SMILES string of the molecule is Cc1snc(-c2ccc(Br)cc2)c1C#N. The Hall–Kier alpha value is -1.18. The van der Waals surface area contributed by atoms with Gasteiger partial charge in [-0.2, -0.15) is 9.64 Å². The smallest absolute Gasteiger partial charge is 0.103 e. The third-order valence-electron chi connectivity index (χ3n) is 2.09. The number of aromatic nitrogens is 1. The Morgan fingerprint density at radius 3 is 2.60 bits per heavy atom. The van der Waals surface area contributed by atoms with Crippen molar-refractivity contribution in [3.05, 3.63) is 39.2 Å². The van der Waals surface area contributed by atoms with Gasteiger partial charge in [-0.25, -0.2) is 0 Å². The van der Waals surface area contributed by atoms with Gasteiger partial charge in [0.25, 0.3) is 0 Å². The van der Waals surface area contributed by atoms with Crippen LogP contribution in [0.5, 0.6) is 0 Å². The molecule has 0 amide bonds. The maximum absolute atomic E-state index is 9.01. The molecule has 0 unspecified atom stereocenters. The molecule has 4 heteroatoms. The highest BCUT2D eigenvalue weighted by Crippen LogP contribution is 2.27. The van der Waals surface area contributed by atoms with Crippen LogP contribution in [0.2, 0.25) is 0 Å². The number of benzene rings is 1. The molecule has 0 aliphatic carbocycles. The van der Waals surface area contributed by atoms with Crippen LogP contribution in [-0.4, -0.2) is 4.37 Å². The van der Waals surface area contributed by atoms with Crippen molar-refractivity contribution in [3.8, 4) is 17.3 Å². The zero-order chi connectivity index (χ0) is 10.8. The van der Waals surface area contributed by atoms with Crippen molar-refractivity contribution in [1.82, 2.24) is 4.37 Å². The average Bonchev–Trinajstić information content (AvgIpc) is 2.61. The van der Waals surface area contributed by atoms with Gasteiger partial charge in [-0.15, -0.1) is 0 Å². The zero-order valence-corrected chi connectivity index (χ0v) is 10.4. The summed E-state index contributed by atoms with van der Waals surface area (Å²) in [7, 11) is 0. The molecule has 0 saturated heterocycles. The largest absolute Gasteiger partial charge is 0.192 e. The predicted octanol–water partition coefficient (Wildman–Crippen LogP) is 3.75. The molecule has 2 aromatic rings. The normalized spacial score (nSPS) is 9.93. The average molecular weight is 279 g/mol. The lowest BCUT2D eigenvalue weighted by molar-refractivity contribution is 1.43. The van der Waals surface area contributed by atoms with E-state index in [1.807, 2.05) is 31.2 Å². The van der Waals surface area contributed by atoms with Gasteiger partial charge in [0.2, 0.25) is 0 Å². The van der Waals surface area contributed by atoms with Crippen molar-refractivity contribution in [3.63, 3.8) is 0 Å². The Balaban J connectivity index is 2.55. The molecule has 2 rings (SSSR count). The first-order valence-corrected chi connectivity index (χ1v) is 5.91. The second-order valence-electron chi connectivity index (χ2n) is 3.08. The summed E-state index contributed by atoms with van der Waals surface area (Å²) in [5.74, 6) is 0.